The van der Waals surface area contributed by atoms with Crippen molar-refractivity contribution < 1.29 is 0 Å². The van der Waals surface area contributed by atoms with E-state index in [-0.39, 0.29) is 0 Å². The van der Waals surface area contributed by atoms with Crippen molar-refractivity contribution in [3.63, 3.8) is 0 Å². The van der Waals surface area contributed by atoms with Gasteiger partial charge in [0, 0.05) is 13.2 Å². The molecule has 10 heavy (non-hydrogen) atoms. The maximum Gasteiger partial charge on any atom is 0.0639 e. The molecule has 0 atom stereocenters. The first kappa shape index (κ1) is 7.42. The van der Waals surface area contributed by atoms with Crippen molar-refractivity contribution in [3.8, 4) is 0 Å². The van der Waals surface area contributed by atoms with Gasteiger partial charge < -0.3 is 4.90 Å². The molecule has 0 saturated heterocycles. The zero-order valence-electron chi connectivity index (χ0n) is 6.19. The fraction of sp³-hybridized carbons (Fsp3) is 0.250. The van der Waals surface area contributed by atoms with Gasteiger partial charge in [-0.2, -0.15) is 0 Å². The van der Waals surface area contributed by atoms with Gasteiger partial charge in [-0.25, -0.2) is 0 Å². The summed E-state index contributed by atoms with van der Waals surface area (Å²) in [6.45, 7) is 5.80. The predicted octanol–water partition coefficient (Wildman–Crippen LogP) is 2.47. The van der Waals surface area contributed by atoms with Crippen LogP contribution in [0.15, 0.2) is 35.2 Å². The highest BCUT2D eigenvalue weighted by Gasteiger charge is 2.08. The van der Waals surface area contributed by atoms with Gasteiger partial charge in [-0.3, -0.25) is 0 Å². The molecule has 0 bridgehead atoms. The number of halogens is 1. The predicted molar refractivity (Wildman–Crippen MR) is 44.6 cm³/mol. The number of hydrogen-bond donors (Lipinski definition) is 0. The quantitative estimate of drug-likeness (QED) is 0.520. The van der Waals surface area contributed by atoms with Gasteiger partial charge in [0.15, 0.2) is 0 Å². The molecule has 0 fully saturated rings. The lowest BCUT2D eigenvalue weighted by atomic mass is 10.2. The van der Waals surface area contributed by atoms with Crippen LogP contribution in [-0.2, 0) is 0 Å². The molecule has 0 aliphatic carbocycles. The van der Waals surface area contributed by atoms with Crippen molar-refractivity contribution >= 4 is 11.6 Å². The summed E-state index contributed by atoms with van der Waals surface area (Å²) in [6, 6.07) is 0. The van der Waals surface area contributed by atoms with E-state index in [0.717, 1.165) is 16.3 Å². The van der Waals surface area contributed by atoms with E-state index in [1.807, 2.05) is 31.1 Å². The lowest BCUT2D eigenvalue weighted by molar-refractivity contribution is 0.578. The summed E-state index contributed by atoms with van der Waals surface area (Å²) in [5.41, 5.74) is 2.01. The maximum atomic E-state index is 5.84. The molecule has 1 heterocycles. The minimum absolute atomic E-state index is 0.725. The van der Waals surface area contributed by atoms with E-state index in [4.69, 9.17) is 11.6 Å². The first-order valence-corrected chi connectivity index (χ1v) is 3.47. The van der Waals surface area contributed by atoms with Crippen LogP contribution in [-0.4, -0.2) is 11.9 Å². The van der Waals surface area contributed by atoms with Crippen LogP contribution in [0.3, 0.4) is 0 Å². The van der Waals surface area contributed by atoms with E-state index in [1.54, 1.807) is 0 Å². The van der Waals surface area contributed by atoms with Gasteiger partial charge in [-0.05, 0) is 18.6 Å². The molecule has 1 aliphatic rings. The van der Waals surface area contributed by atoms with Gasteiger partial charge in [0.1, 0.15) is 0 Å². The van der Waals surface area contributed by atoms with Gasteiger partial charge in [-0.15, -0.1) is 0 Å². The average Bonchev–Trinajstić information content (AvgIpc) is 1.82. The molecule has 0 unspecified atom stereocenters. The van der Waals surface area contributed by atoms with Crippen LogP contribution < -0.4 is 0 Å². The van der Waals surface area contributed by atoms with Crippen LogP contribution >= 0.6 is 11.6 Å². The topological polar surface area (TPSA) is 3.24 Å². The molecule has 0 amide bonds. The van der Waals surface area contributed by atoms with Crippen molar-refractivity contribution in [2.75, 3.05) is 7.05 Å². The number of allylic oxidation sites excluding steroid dienone is 3. The zero-order valence-corrected chi connectivity index (χ0v) is 6.94. The Hall–Kier alpha value is -0.690. The van der Waals surface area contributed by atoms with Crippen LogP contribution in [0.1, 0.15) is 6.92 Å². The highest BCUT2D eigenvalue weighted by Crippen LogP contribution is 2.23. The summed E-state index contributed by atoms with van der Waals surface area (Å²) in [6.07, 6.45) is 3.90. The van der Waals surface area contributed by atoms with Crippen molar-refractivity contribution in [3.05, 3.63) is 35.2 Å². The molecule has 1 aliphatic heterocycles. The molecule has 0 aromatic heterocycles. The molecule has 0 aromatic carbocycles. The number of rotatable bonds is 0. The second-order valence-corrected chi connectivity index (χ2v) is 2.83. The number of hydrogen-bond acceptors (Lipinski definition) is 1. The summed E-state index contributed by atoms with van der Waals surface area (Å²) in [4.78, 5) is 1.91. The summed E-state index contributed by atoms with van der Waals surface area (Å²) in [5, 5.41) is 0.725. The Labute approximate surface area is 66.3 Å². The second kappa shape index (κ2) is 2.51. The third-order valence-electron chi connectivity index (χ3n) is 1.45. The highest BCUT2D eigenvalue weighted by molar-refractivity contribution is 6.32. The van der Waals surface area contributed by atoms with E-state index in [9.17, 15) is 0 Å². The van der Waals surface area contributed by atoms with E-state index in [2.05, 4.69) is 6.58 Å². The molecule has 0 aromatic rings. The van der Waals surface area contributed by atoms with Crippen LogP contribution in [0.25, 0.3) is 0 Å². The van der Waals surface area contributed by atoms with Gasteiger partial charge in [0.2, 0.25) is 0 Å². The minimum Gasteiger partial charge on any atom is -0.350 e. The van der Waals surface area contributed by atoms with Crippen LogP contribution in [0.4, 0.5) is 0 Å². The molecule has 0 saturated carbocycles. The molecule has 0 N–H and O–H groups in total. The standard InChI is InChI=1S/C8H10ClN/c1-6-4-8(9)7(2)10(3)5-6/h4-5H,2H2,1,3H3. The Kier molecular flexibility index (Phi) is 1.86. The maximum absolute atomic E-state index is 5.84. The Balaban J connectivity index is 2.95. The van der Waals surface area contributed by atoms with Crippen molar-refractivity contribution in [1.82, 2.24) is 4.90 Å². The van der Waals surface area contributed by atoms with Crippen molar-refractivity contribution in [2.24, 2.45) is 0 Å². The molecule has 1 nitrogen and oxygen atoms in total. The molecule has 1 rings (SSSR count). The third kappa shape index (κ3) is 1.24. The van der Waals surface area contributed by atoms with Crippen molar-refractivity contribution in [1.29, 1.82) is 0 Å². The zero-order chi connectivity index (χ0) is 7.72. The first-order chi connectivity index (χ1) is 4.61. The lowest BCUT2D eigenvalue weighted by Crippen LogP contribution is -2.12. The monoisotopic (exact) mass is 155 g/mol. The molecule has 0 spiro atoms. The highest BCUT2D eigenvalue weighted by atomic mass is 35.5. The molecule has 54 valence electrons. The second-order valence-electron chi connectivity index (χ2n) is 2.42. The molecular weight excluding hydrogens is 146 g/mol. The fourth-order valence-corrected chi connectivity index (χ4v) is 1.18. The SMILES string of the molecule is C=C1C(Cl)=CC(C)=CN1C. The third-order valence-corrected chi connectivity index (χ3v) is 1.78. The Morgan fingerprint density at radius 2 is 2.20 bits per heavy atom. The number of nitrogens with zero attached hydrogens (tertiary/aromatic N) is 1. The van der Waals surface area contributed by atoms with Gasteiger partial charge in [0.25, 0.3) is 0 Å². The van der Waals surface area contributed by atoms with Crippen LogP contribution in [0.5, 0.6) is 0 Å². The normalized spacial score (nSPS) is 18.7. The fourth-order valence-electron chi connectivity index (χ4n) is 0.872. The minimum atomic E-state index is 0.725. The molecular formula is C8H10ClN. The smallest absolute Gasteiger partial charge is 0.0639 e. The average molecular weight is 156 g/mol. The Morgan fingerprint density at radius 1 is 1.60 bits per heavy atom. The van der Waals surface area contributed by atoms with Gasteiger partial charge in [-0.1, -0.05) is 18.2 Å². The van der Waals surface area contributed by atoms with Gasteiger partial charge in [0.05, 0.1) is 10.7 Å². The summed E-state index contributed by atoms with van der Waals surface area (Å²) >= 11 is 5.84. The van der Waals surface area contributed by atoms with E-state index in [1.165, 1.54) is 0 Å². The molecule has 0 radical (unpaired) electrons. The van der Waals surface area contributed by atoms with Crippen LogP contribution in [0, 0.1) is 0 Å². The van der Waals surface area contributed by atoms with E-state index >= 15 is 0 Å². The largest absolute Gasteiger partial charge is 0.350 e. The summed E-state index contributed by atoms with van der Waals surface area (Å²) in [5.74, 6) is 0. The van der Waals surface area contributed by atoms with Gasteiger partial charge >= 0.3 is 0 Å². The van der Waals surface area contributed by atoms with Crippen molar-refractivity contribution in [2.45, 2.75) is 6.92 Å². The van der Waals surface area contributed by atoms with Crippen LogP contribution in [0.2, 0.25) is 0 Å². The first-order valence-electron chi connectivity index (χ1n) is 3.09. The van der Waals surface area contributed by atoms with E-state index in [0.29, 0.717) is 0 Å². The summed E-state index contributed by atoms with van der Waals surface area (Å²) in [7, 11) is 1.93. The van der Waals surface area contributed by atoms with E-state index < -0.39 is 0 Å². The lowest BCUT2D eigenvalue weighted by Gasteiger charge is -2.21. The Morgan fingerprint density at radius 3 is 2.70 bits per heavy atom. The Bertz CT molecular complexity index is 225. The molecule has 2 heteroatoms. The summed E-state index contributed by atoms with van der Waals surface area (Å²) < 4.78 is 0. The number of likely N-dealkylation sites (N-methyl/N-ethyl adjacent to an activating group) is 1.